The van der Waals surface area contributed by atoms with Gasteiger partial charge < -0.3 is 30.6 Å². The van der Waals surface area contributed by atoms with Gasteiger partial charge in [-0.3, -0.25) is 20.2 Å². The van der Waals surface area contributed by atoms with Crippen molar-refractivity contribution in [1.29, 1.82) is 0 Å². The van der Waals surface area contributed by atoms with Crippen LogP contribution in [0.2, 0.25) is 0 Å². The normalized spacial score (nSPS) is 10.5. The maximum absolute atomic E-state index is 10.5. The number of non-ortho nitro benzene ring substituents is 2. The van der Waals surface area contributed by atoms with Crippen LogP contribution in [0, 0.1) is 20.2 Å². The van der Waals surface area contributed by atoms with Crippen LogP contribution >= 0.6 is 0 Å². The number of nitrogens with zero attached hydrogens (tertiary/aromatic N) is 6. The smallest absolute Gasteiger partial charge is 0.273 e. The van der Waals surface area contributed by atoms with E-state index in [0.717, 1.165) is 24.3 Å². The summed E-state index contributed by atoms with van der Waals surface area (Å²) in [6.07, 6.45) is 0. The van der Waals surface area contributed by atoms with E-state index in [1.165, 1.54) is 48.5 Å². The van der Waals surface area contributed by atoms with Gasteiger partial charge in [0.1, 0.15) is 57.2 Å². The zero-order chi connectivity index (χ0) is 29.4. The van der Waals surface area contributed by atoms with Crippen molar-refractivity contribution in [2.45, 2.75) is 0 Å². The topological polar surface area (TPSA) is 257 Å². The van der Waals surface area contributed by atoms with E-state index in [1.54, 1.807) is 0 Å². The Morgan fingerprint density at radius 1 is 0.463 bits per heavy atom. The van der Waals surface area contributed by atoms with E-state index >= 15 is 0 Å². The monoisotopic (exact) mass is 609 g/mol. The predicted molar refractivity (Wildman–Crippen MR) is 137 cm³/mol. The second kappa shape index (κ2) is 13.8. The van der Waals surface area contributed by atoms with Gasteiger partial charge in [-0.2, -0.15) is 0 Å². The minimum Gasteiger partial charge on any atom is -0.508 e. The number of benzene rings is 4. The van der Waals surface area contributed by atoms with Gasteiger partial charge in [-0.15, -0.1) is 20.5 Å². The first-order chi connectivity index (χ1) is 18.9. The summed E-state index contributed by atoms with van der Waals surface area (Å²) >= 11 is 0. The van der Waals surface area contributed by atoms with Gasteiger partial charge in [-0.25, -0.2) is 0 Å². The molecule has 0 aliphatic heterocycles. The third-order valence-electron chi connectivity index (χ3n) is 4.79. The van der Waals surface area contributed by atoms with Gasteiger partial charge in [0.25, 0.3) is 11.4 Å². The van der Waals surface area contributed by atoms with E-state index in [1.807, 2.05) is 0 Å². The number of phenolic OH excluding ortho intramolecular Hbond substituents is 6. The largest absolute Gasteiger partial charge is 0.508 e. The molecule has 6 N–H and O–H groups in total. The number of nitro groups is 2. The van der Waals surface area contributed by atoms with Crippen molar-refractivity contribution < 1.29 is 57.3 Å². The molecule has 0 atom stereocenters. The average molecular weight is 609 g/mol. The van der Waals surface area contributed by atoms with Gasteiger partial charge in [0.15, 0.2) is 0 Å². The maximum atomic E-state index is 10.5. The summed E-state index contributed by atoms with van der Waals surface area (Å²) in [4.78, 5) is 19.7. The Morgan fingerprint density at radius 2 is 0.732 bits per heavy atom. The molecule has 0 saturated heterocycles. The molecule has 0 saturated carbocycles. The summed E-state index contributed by atoms with van der Waals surface area (Å²) in [6.45, 7) is 0. The molecular weight excluding hydrogens is 591 g/mol. The Morgan fingerprint density at radius 3 is 0.976 bits per heavy atom. The number of hydrogen-bond acceptors (Lipinski definition) is 14. The van der Waals surface area contributed by atoms with Crippen LogP contribution in [0.3, 0.4) is 0 Å². The van der Waals surface area contributed by atoms with Crippen LogP contribution in [-0.2, 0) is 16.8 Å². The molecule has 41 heavy (non-hydrogen) atoms. The molecule has 0 spiro atoms. The van der Waals surface area contributed by atoms with E-state index in [4.69, 9.17) is 10.2 Å². The first-order valence-corrected chi connectivity index (χ1v) is 10.8. The van der Waals surface area contributed by atoms with Crippen LogP contribution in [0.1, 0.15) is 0 Å². The van der Waals surface area contributed by atoms with Crippen molar-refractivity contribution in [2.24, 2.45) is 20.5 Å². The van der Waals surface area contributed by atoms with E-state index in [0.29, 0.717) is 0 Å². The zero-order valence-corrected chi connectivity index (χ0v) is 21.3. The molecule has 4 aromatic rings. The fraction of sp³-hybridized carbons (Fsp3) is 0. The summed E-state index contributed by atoms with van der Waals surface area (Å²) in [6, 6.07) is 14.2. The van der Waals surface area contributed by atoms with Gasteiger partial charge in [0, 0.05) is 41.0 Å². The van der Waals surface area contributed by atoms with Gasteiger partial charge >= 0.3 is 0 Å². The minimum atomic E-state index is -0.646. The SMILES string of the molecule is O=[N+]([O-])c1ccc(N=Nc2ccc(O)cc2O)c(O)c1.O=[N+]([O-])c1ccc(N=Nc2ccc(O)cc2O)c(O)c1.[Co]. The molecule has 0 unspecified atom stereocenters. The molecule has 0 amide bonds. The summed E-state index contributed by atoms with van der Waals surface area (Å²) in [5.41, 5.74) is -0.338. The van der Waals surface area contributed by atoms with Gasteiger partial charge in [0.05, 0.1) is 22.0 Å². The number of rotatable bonds is 6. The van der Waals surface area contributed by atoms with Crippen molar-refractivity contribution in [3.05, 3.63) is 93.0 Å². The average Bonchev–Trinajstić information content (AvgIpc) is 2.89. The van der Waals surface area contributed by atoms with E-state index < -0.39 is 21.3 Å². The molecule has 0 aliphatic rings. The van der Waals surface area contributed by atoms with Gasteiger partial charge in [-0.1, -0.05) is 0 Å². The zero-order valence-electron chi connectivity index (χ0n) is 20.3. The molecule has 0 bridgehead atoms. The summed E-state index contributed by atoms with van der Waals surface area (Å²) in [5.74, 6) is -1.62. The molecule has 0 aromatic heterocycles. The van der Waals surface area contributed by atoms with E-state index in [-0.39, 0.29) is 73.9 Å². The Hall–Kier alpha value is -5.81. The Balaban J connectivity index is 0.000000280. The third kappa shape index (κ3) is 8.60. The molecule has 0 aliphatic carbocycles. The molecule has 0 fully saturated rings. The van der Waals surface area contributed by atoms with Crippen LogP contribution in [0.5, 0.6) is 34.5 Å². The molecule has 0 heterocycles. The molecule has 4 rings (SSSR count). The van der Waals surface area contributed by atoms with Crippen molar-refractivity contribution in [1.82, 2.24) is 0 Å². The minimum absolute atomic E-state index is 0. The van der Waals surface area contributed by atoms with Crippen LogP contribution in [-0.4, -0.2) is 40.5 Å². The summed E-state index contributed by atoms with van der Waals surface area (Å²) in [7, 11) is 0. The van der Waals surface area contributed by atoms with Crippen molar-refractivity contribution in [3.8, 4) is 34.5 Å². The Bertz CT molecular complexity index is 1530. The second-order valence-electron chi connectivity index (χ2n) is 7.61. The van der Waals surface area contributed by atoms with E-state index in [2.05, 4.69) is 20.5 Å². The first kappa shape index (κ1) is 31.4. The predicted octanol–water partition coefficient (Wildman–Crippen LogP) is 6.25. The molecule has 213 valence electrons. The van der Waals surface area contributed by atoms with Crippen molar-refractivity contribution in [3.63, 3.8) is 0 Å². The molecule has 16 nitrogen and oxygen atoms in total. The summed E-state index contributed by atoms with van der Waals surface area (Å²) in [5, 5.41) is 92.1. The fourth-order valence-corrected chi connectivity index (χ4v) is 2.83. The van der Waals surface area contributed by atoms with Gasteiger partial charge in [-0.05, 0) is 36.4 Å². The Labute approximate surface area is 239 Å². The second-order valence-corrected chi connectivity index (χ2v) is 7.61. The van der Waals surface area contributed by atoms with E-state index in [9.17, 15) is 40.7 Å². The fourth-order valence-electron chi connectivity index (χ4n) is 2.83. The van der Waals surface area contributed by atoms with Crippen LogP contribution in [0.4, 0.5) is 34.1 Å². The molecule has 4 aromatic carbocycles. The molecule has 17 heteroatoms. The molecule has 1 radical (unpaired) electrons. The van der Waals surface area contributed by atoms with Crippen molar-refractivity contribution in [2.75, 3.05) is 0 Å². The van der Waals surface area contributed by atoms with Crippen molar-refractivity contribution >= 4 is 34.1 Å². The number of phenols is 6. The van der Waals surface area contributed by atoms with Crippen LogP contribution < -0.4 is 0 Å². The van der Waals surface area contributed by atoms with Crippen LogP contribution in [0.15, 0.2) is 93.3 Å². The first-order valence-electron chi connectivity index (χ1n) is 10.8. The molecular formula is C24H18CoN6O10. The number of nitro benzene ring substituents is 2. The summed E-state index contributed by atoms with van der Waals surface area (Å²) < 4.78 is 0. The van der Waals surface area contributed by atoms with Crippen LogP contribution in [0.25, 0.3) is 0 Å². The quantitative estimate of drug-likeness (QED) is 0.0813. The third-order valence-corrected chi connectivity index (χ3v) is 4.79. The number of aromatic hydroxyl groups is 6. The maximum Gasteiger partial charge on any atom is 0.273 e. The Kier molecular flexibility index (Phi) is 10.6. The number of hydrogen-bond donors (Lipinski definition) is 6. The van der Waals surface area contributed by atoms with Gasteiger partial charge in [0.2, 0.25) is 0 Å². The standard InChI is InChI=1S/2C12H9N3O5.Co/c2*16-8-2-4-10(12(18)6-8)14-13-9-3-1-7(15(19)20)5-11(9)17;/h2*1-6,16-18H;. The number of azo groups is 2.